The summed E-state index contributed by atoms with van der Waals surface area (Å²) in [6.45, 7) is -0.0145. The van der Waals surface area contributed by atoms with Gasteiger partial charge >= 0.3 is 0 Å². The van der Waals surface area contributed by atoms with Crippen LogP contribution in [0.5, 0.6) is 0 Å². The van der Waals surface area contributed by atoms with Crippen LogP contribution in [0.1, 0.15) is 5.56 Å². The van der Waals surface area contributed by atoms with Gasteiger partial charge in [-0.2, -0.15) is 15.5 Å². The van der Waals surface area contributed by atoms with Crippen LogP contribution in [0.25, 0.3) is 22.6 Å². The summed E-state index contributed by atoms with van der Waals surface area (Å²) in [5.41, 5.74) is 14.1. The number of nitrogen functional groups attached to an aromatic ring is 1. The number of azo groups is 2. The van der Waals surface area contributed by atoms with Crippen molar-refractivity contribution in [2.24, 2.45) is 26.2 Å². The first-order valence-electron chi connectivity index (χ1n) is 13.9. The van der Waals surface area contributed by atoms with E-state index in [9.17, 15) is 14.0 Å². The Morgan fingerprint density at radius 1 is 0.894 bits per heavy atom. The number of rotatable bonds is 9. The first-order valence-corrected chi connectivity index (χ1v) is 13.9. The predicted octanol–water partition coefficient (Wildman–Crippen LogP) is 7.06. The molecule has 0 saturated heterocycles. The first-order chi connectivity index (χ1) is 22.9. The van der Waals surface area contributed by atoms with E-state index in [2.05, 4.69) is 45.8 Å². The number of nitrogens with two attached hydrogens (primary N) is 2. The van der Waals surface area contributed by atoms with Gasteiger partial charge in [0, 0.05) is 5.56 Å². The van der Waals surface area contributed by atoms with Crippen molar-refractivity contribution < 1.29 is 8.78 Å². The van der Waals surface area contributed by atoms with E-state index in [0.717, 1.165) is 6.20 Å². The second-order valence-corrected chi connectivity index (χ2v) is 9.82. The summed E-state index contributed by atoms with van der Waals surface area (Å²) < 4.78 is 30.4. The lowest BCUT2D eigenvalue weighted by atomic mass is 10.2. The Bertz CT molecular complexity index is 2210. The van der Waals surface area contributed by atoms with Gasteiger partial charge in [0.25, 0.3) is 0 Å². The maximum Gasteiger partial charge on any atom is 0.203 e. The lowest BCUT2D eigenvalue weighted by molar-refractivity contribution is 0.588. The molecule has 0 radical (unpaired) electrons. The number of hydrogen-bond acceptors (Lipinski definition) is 12. The number of hydrogen-bond donors (Lipinski definition) is 3. The zero-order valence-corrected chi connectivity index (χ0v) is 24.3. The number of anilines is 2. The van der Waals surface area contributed by atoms with Crippen LogP contribution in [0.3, 0.4) is 0 Å². The average Bonchev–Trinajstić information content (AvgIpc) is 3.43. The molecule has 0 aliphatic rings. The van der Waals surface area contributed by atoms with Gasteiger partial charge in [-0.1, -0.05) is 54.6 Å². The number of allylic oxidation sites excluding steroid dienone is 1. The highest BCUT2D eigenvalue weighted by Gasteiger charge is 2.22. The molecule has 0 fully saturated rings. The Labute approximate surface area is 265 Å². The normalized spacial score (nSPS) is 12.0. The fourth-order valence-electron chi connectivity index (χ4n) is 4.39. The Balaban J connectivity index is 1.47. The molecule has 15 heteroatoms. The first kappa shape index (κ1) is 30.1. The summed E-state index contributed by atoms with van der Waals surface area (Å²) in [4.78, 5) is 13.1. The van der Waals surface area contributed by atoms with Gasteiger partial charge in [-0.15, -0.1) is 15.3 Å². The molecule has 0 saturated carbocycles. The van der Waals surface area contributed by atoms with Gasteiger partial charge in [0.1, 0.15) is 29.2 Å². The van der Waals surface area contributed by atoms with Gasteiger partial charge in [-0.3, -0.25) is 0 Å². The topological polar surface area (TPSA) is 194 Å². The number of nitrogens with zero attached hydrogens (tertiary/aromatic N) is 10. The minimum atomic E-state index is -0.640. The minimum Gasteiger partial charge on any atom is -0.383 e. The molecule has 230 valence electrons. The smallest absolute Gasteiger partial charge is 0.203 e. The molecule has 3 aromatic carbocycles. The highest BCUT2D eigenvalue weighted by molar-refractivity contribution is 5.90. The molecular formula is C32H23F2N13. The molecule has 6 rings (SSSR count). The molecule has 0 aliphatic carbocycles. The summed E-state index contributed by atoms with van der Waals surface area (Å²) >= 11 is 0. The van der Waals surface area contributed by atoms with Crippen LogP contribution >= 0.6 is 0 Å². The fraction of sp³-hybridized carbons (Fsp3) is 0.0312. The summed E-state index contributed by atoms with van der Waals surface area (Å²) in [5.74, 6) is -1.58. The third-order valence-electron chi connectivity index (χ3n) is 6.61. The molecule has 13 nitrogen and oxygen atoms in total. The lowest BCUT2D eigenvalue weighted by Gasteiger charge is -2.11. The van der Waals surface area contributed by atoms with E-state index >= 15 is 0 Å². The molecule has 47 heavy (non-hydrogen) atoms. The molecule has 0 amide bonds. The van der Waals surface area contributed by atoms with Gasteiger partial charge < -0.3 is 16.8 Å². The third kappa shape index (κ3) is 6.76. The van der Waals surface area contributed by atoms with Crippen molar-refractivity contribution in [1.82, 2.24) is 24.7 Å². The van der Waals surface area contributed by atoms with E-state index in [1.807, 2.05) is 18.2 Å². The maximum atomic E-state index is 14.5. The monoisotopic (exact) mass is 627 g/mol. The average molecular weight is 628 g/mol. The molecule has 0 atom stereocenters. The number of aromatic nitrogens is 5. The van der Waals surface area contributed by atoms with E-state index in [-0.39, 0.29) is 57.9 Å². The second-order valence-electron chi connectivity index (χ2n) is 9.82. The van der Waals surface area contributed by atoms with Crippen LogP contribution in [0.15, 0.2) is 129 Å². The predicted molar refractivity (Wildman–Crippen MR) is 170 cm³/mol. The van der Waals surface area contributed by atoms with Crippen molar-refractivity contribution in [3.8, 4) is 17.6 Å². The summed E-state index contributed by atoms with van der Waals surface area (Å²) in [7, 11) is 0. The van der Waals surface area contributed by atoms with Crippen LogP contribution in [-0.4, -0.2) is 24.7 Å². The number of fused-ring (bicyclic) bond motifs is 1. The molecular weight excluding hydrogens is 604 g/mol. The molecule has 3 aromatic heterocycles. The van der Waals surface area contributed by atoms with E-state index in [4.69, 9.17) is 11.5 Å². The maximum absolute atomic E-state index is 14.5. The minimum absolute atomic E-state index is 0.0145. The van der Waals surface area contributed by atoms with Crippen molar-refractivity contribution in [3.05, 3.63) is 126 Å². The molecule has 3 heterocycles. The summed E-state index contributed by atoms with van der Waals surface area (Å²) in [5, 5.41) is 33.9. The zero-order valence-electron chi connectivity index (χ0n) is 24.3. The van der Waals surface area contributed by atoms with E-state index in [0.29, 0.717) is 16.9 Å². The van der Waals surface area contributed by atoms with Crippen LogP contribution in [0.4, 0.5) is 37.5 Å². The van der Waals surface area contributed by atoms with Crippen molar-refractivity contribution >= 4 is 39.7 Å². The number of nitrogens with one attached hydrogen (secondary N) is 1. The van der Waals surface area contributed by atoms with E-state index in [1.54, 1.807) is 66.7 Å². The molecule has 0 unspecified atom stereocenters. The van der Waals surface area contributed by atoms with Gasteiger partial charge in [0.2, 0.25) is 5.70 Å². The fourth-order valence-corrected chi connectivity index (χ4v) is 4.39. The Kier molecular flexibility index (Phi) is 8.55. The number of nitriles is 1. The molecule has 5 N–H and O–H groups in total. The molecule has 0 bridgehead atoms. The number of halogens is 2. The van der Waals surface area contributed by atoms with Gasteiger partial charge in [-0.25, -0.2) is 28.4 Å². The highest BCUT2D eigenvalue weighted by Crippen LogP contribution is 2.35. The van der Waals surface area contributed by atoms with Crippen LogP contribution < -0.4 is 16.8 Å². The second kappa shape index (κ2) is 13.4. The number of pyridine rings is 1. The van der Waals surface area contributed by atoms with Crippen molar-refractivity contribution in [2.45, 2.75) is 6.54 Å². The van der Waals surface area contributed by atoms with Gasteiger partial charge in [0.15, 0.2) is 28.8 Å². The standard InChI is InChI=1S/C32H23F2N13/c33-20-15-23-26(46-47(32(23)38-17-20)18-19-9-7-8-14-24(19)34)30-40-29(37)27(45-43-22-12-5-2-6-13-22)31(41-30)39-28(36)25(16-35)44-42-21-10-3-1-4-11-21/h1-15,17H,18,36H2,(H3,37,39,40,41). The van der Waals surface area contributed by atoms with Crippen LogP contribution in [0, 0.1) is 23.0 Å². The number of benzene rings is 3. The largest absolute Gasteiger partial charge is 0.383 e. The van der Waals surface area contributed by atoms with E-state index < -0.39 is 11.6 Å². The van der Waals surface area contributed by atoms with Crippen molar-refractivity contribution in [1.29, 1.82) is 5.26 Å². The van der Waals surface area contributed by atoms with Gasteiger partial charge in [-0.05, 0) is 36.4 Å². The summed E-state index contributed by atoms with van der Waals surface area (Å²) in [6.07, 6.45) is 1.03. The van der Waals surface area contributed by atoms with Crippen LogP contribution in [-0.2, 0) is 6.54 Å². The SMILES string of the molecule is N#CC(N=Nc1ccccc1)=C(N)Nc1nc(-c2nn(Cc3ccccc3F)c3ncc(F)cc23)nc(N)c1N=Nc1ccccc1. The van der Waals surface area contributed by atoms with Crippen LogP contribution in [0.2, 0.25) is 0 Å². The Hall–Kier alpha value is -6.95. The van der Waals surface area contributed by atoms with E-state index in [1.165, 1.54) is 16.8 Å². The molecule has 0 aliphatic heterocycles. The lowest BCUT2D eigenvalue weighted by Crippen LogP contribution is -2.14. The highest BCUT2D eigenvalue weighted by atomic mass is 19.1. The third-order valence-corrected chi connectivity index (χ3v) is 6.61. The Morgan fingerprint density at radius 3 is 2.28 bits per heavy atom. The molecule has 0 spiro atoms. The van der Waals surface area contributed by atoms with Gasteiger partial charge in [0.05, 0.1) is 29.5 Å². The Morgan fingerprint density at radius 2 is 1.57 bits per heavy atom. The molecule has 6 aromatic rings. The quantitative estimate of drug-likeness (QED) is 0.112. The zero-order chi connectivity index (χ0) is 32.8. The summed E-state index contributed by atoms with van der Waals surface area (Å²) in [6, 6.07) is 26.9. The van der Waals surface area contributed by atoms with Crippen molar-refractivity contribution in [3.63, 3.8) is 0 Å². The van der Waals surface area contributed by atoms with Crippen molar-refractivity contribution in [2.75, 3.05) is 11.1 Å².